The lowest BCUT2D eigenvalue weighted by Gasteiger charge is -2.19. The van der Waals surface area contributed by atoms with Crippen LogP contribution in [0.5, 0.6) is 11.5 Å². The summed E-state index contributed by atoms with van der Waals surface area (Å²) in [5.74, 6) is -0.802. The number of ketones is 1. The molecule has 0 spiro atoms. The van der Waals surface area contributed by atoms with Gasteiger partial charge in [0.25, 0.3) is 0 Å². The van der Waals surface area contributed by atoms with Crippen molar-refractivity contribution >= 4 is 37.0 Å². The van der Waals surface area contributed by atoms with E-state index >= 15 is 0 Å². The third-order valence-electron chi connectivity index (χ3n) is 4.21. The number of methoxy groups -OCH3 is 1. The van der Waals surface area contributed by atoms with E-state index in [1.54, 1.807) is 36.5 Å². The van der Waals surface area contributed by atoms with Crippen LogP contribution < -0.4 is 19.9 Å². The number of carboxylic acids is 1. The Balaban J connectivity index is 1.80. The van der Waals surface area contributed by atoms with Gasteiger partial charge in [0, 0.05) is 6.21 Å². The molecule has 27 heavy (non-hydrogen) atoms. The molecule has 0 aliphatic carbocycles. The van der Waals surface area contributed by atoms with Crippen LogP contribution in [0.1, 0.15) is 10.4 Å². The minimum Gasteiger partial charge on any atom is -0.495 e. The first-order chi connectivity index (χ1) is 13.0. The molecule has 138 valence electrons. The molecular weight excluding hydrogens is 347 g/mol. The van der Waals surface area contributed by atoms with Crippen molar-refractivity contribution in [3.05, 3.63) is 48.0 Å². The Kier molecular flexibility index (Phi) is 5.45. The summed E-state index contributed by atoms with van der Waals surface area (Å²) < 4.78 is 10.6. The number of benzene rings is 2. The Morgan fingerprint density at radius 2 is 2.04 bits per heavy atom. The summed E-state index contributed by atoms with van der Waals surface area (Å²) in [4.78, 5) is 23.8. The molecule has 0 amide bonds. The van der Waals surface area contributed by atoms with E-state index in [9.17, 15) is 9.59 Å². The normalized spacial score (nSPS) is 15.6. The molecule has 1 aliphatic heterocycles. The topological polar surface area (TPSA) is 88.4 Å². The summed E-state index contributed by atoms with van der Waals surface area (Å²) in [6, 6.07) is 12.5. The molecule has 0 saturated heterocycles. The van der Waals surface area contributed by atoms with Crippen LogP contribution in [0.4, 0.5) is 5.69 Å². The number of hydrogen-bond acceptors (Lipinski definition) is 6. The fourth-order valence-corrected chi connectivity index (χ4v) is 2.90. The first-order valence-corrected chi connectivity index (χ1v) is 8.43. The maximum atomic E-state index is 13.0. The SMILES string of the molecule is Bc1ccc(OCC(=O)O)c(C(=O)C2C=NN(c3ccccc3OC)C2)c1. The highest BCUT2D eigenvalue weighted by Crippen LogP contribution is 2.31. The zero-order valence-electron chi connectivity index (χ0n) is 15.1. The lowest BCUT2D eigenvalue weighted by Crippen LogP contribution is -2.25. The van der Waals surface area contributed by atoms with E-state index in [-0.39, 0.29) is 11.5 Å². The van der Waals surface area contributed by atoms with Crippen molar-refractivity contribution in [2.24, 2.45) is 11.0 Å². The Bertz CT molecular complexity index is 899. The molecule has 0 fully saturated rings. The predicted molar refractivity (Wildman–Crippen MR) is 104 cm³/mol. The van der Waals surface area contributed by atoms with Crippen LogP contribution in [0.2, 0.25) is 0 Å². The highest BCUT2D eigenvalue weighted by molar-refractivity contribution is 6.33. The van der Waals surface area contributed by atoms with Crippen LogP contribution in [0, 0.1) is 5.92 Å². The first kappa shape index (κ1) is 18.5. The summed E-state index contributed by atoms with van der Waals surface area (Å²) in [6.07, 6.45) is 1.60. The number of ether oxygens (including phenoxy) is 2. The number of carbonyl (C=O) groups is 2. The number of Topliss-reactive ketones (excluding diaryl/α,β-unsaturated/α-hetero) is 1. The molecule has 0 saturated carbocycles. The summed E-state index contributed by atoms with van der Waals surface area (Å²) in [6.45, 7) is -0.138. The van der Waals surface area contributed by atoms with E-state index in [0.717, 1.165) is 11.2 Å². The third kappa shape index (κ3) is 4.11. The molecule has 0 radical (unpaired) electrons. The number of para-hydroxylation sites is 2. The molecule has 0 aromatic heterocycles. The van der Waals surface area contributed by atoms with E-state index in [2.05, 4.69) is 5.10 Å². The Hall–Kier alpha value is -3.29. The number of anilines is 1. The van der Waals surface area contributed by atoms with Gasteiger partial charge in [0.15, 0.2) is 12.4 Å². The third-order valence-corrected chi connectivity index (χ3v) is 4.21. The van der Waals surface area contributed by atoms with E-state index in [4.69, 9.17) is 14.6 Å². The Morgan fingerprint density at radius 3 is 2.78 bits per heavy atom. The van der Waals surface area contributed by atoms with Gasteiger partial charge in [0.2, 0.25) is 0 Å². The minimum absolute atomic E-state index is 0.166. The van der Waals surface area contributed by atoms with Gasteiger partial charge < -0.3 is 14.6 Å². The molecule has 3 rings (SSSR count). The highest BCUT2D eigenvalue weighted by Gasteiger charge is 2.29. The molecule has 1 heterocycles. The standard InChI is InChI=1S/C19H19BN2O5/c1-26-17-5-3-2-4-15(17)22-10-12(9-21-22)19(25)14-8-13(20)6-7-16(14)27-11-18(23)24/h2-9,12H,10-11,20H2,1H3,(H,23,24). The van der Waals surface area contributed by atoms with Gasteiger partial charge in [-0.3, -0.25) is 9.80 Å². The molecule has 2 aromatic rings. The quantitative estimate of drug-likeness (QED) is 0.574. The molecular formula is C19H19BN2O5. The summed E-state index contributed by atoms with van der Waals surface area (Å²) >= 11 is 0. The summed E-state index contributed by atoms with van der Waals surface area (Å²) in [7, 11) is 3.45. The monoisotopic (exact) mass is 366 g/mol. The van der Waals surface area contributed by atoms with Crippen LogP contribution in [0.15, 0.2) is 47.6 Å². The van der Waals surface area contributed by atoms with Gasteiger partial charge in [-0.25, -0.2) is 4.79 Å². The average Bonchev–Trinajstić information content (AvgIpc) is 3.16. The van der Waals surface area contributed by atoms with Gasteiger partial charge in [-0.2, -0.15) is 5.10 Å². The first-order valence-electron chi connectivity index (χ1n) is 8.43. The van der Waals surface area contributed by atoms with E-state index in [0.29, 0.717) is 17.9 Å². The zero-order chi connectivity index (χ0) is 19.4. The van der Waals surface area contributed by atoms with Gasteiger partial charge in [-0.1, -0.05) is 29.7 Å². The highest BCUT2D eigenvalue weighted by atomic mass is 16.5. The maximum absolute atomic E-state index is 13.0. The Morgan fingerprint density at radius 1 is 1.26 bits per heavy atom. The van der Waals surface area contributed by atoms with Crippen LogP contribution in [-0.2, 0) is 4.79 Å². The molecule has 1 N–H and O–H groups in total. The number of nitrogens with zero attached hydrogens (tertiary/aromatic N) is 2. The van der Waals surface area contributed by atoms with Gasteiger partial charge in [0.05, 0.1) is 25.1 Å². The number of rotatable bonds is 7. The number of carbonyl (C=O) groups excluding carboxylic acids is 1. The van der Waals surface area contributed by atoms with Crippen LogP contribution in [0.3, 0.4) is 0 Å². The van der Waals surface area contributed by atoms with Gasteiger partial charge in [0.1, 0.15) is 25.0 Å². The number of carboxylic acid groups (broad SMARTS) is 1. The van der Waals surface area contributed by atoms with Crippen LogP contribution in [-0.4, -0.2) is 51.2 Å². The molecule has 8 heteroatoms. The molecule has 0 bridgehead atoms. The largest absolute Gasteiger partial charge is 0.495 e. The van der Waals surface area contributed by atoms with Crippen molar-refractivity contribution in [1.29, 1.82) is 0 Å². The van der Waals surface area contributed by atoms with Gasteiger partial charge in [-0.15, -0.1) is 0 Å². The van der Waals surface area contributed by atoms with Crippen LogP contribution in [0.25, 0.3) is 0 Å². The average molecular weight is 366 g/mol. The Labute approximate surface area is 157 Å². The predicted octanol–water partition coefficient (Wildman–Crippen LogP) is 0.722. The number of hydrogen-bond donors (Lipinski definition) is 1. The van der Waals surface area contributed by atoms with E-state index in [1.807, 2.05) is 32.1 Å². The molecule has 7 nitrogen and oxygen atoms in total. The van der Waals surface area contributed by atoms with Crippen molar-refractivity contribution in [2.45, 2.75) is 0 Å². The second kappa shape index (κ2) is 7.95. The summed E-state index contributed by atoms with van der Waals surface area (Å²) in [5.41, 5.74) is 2.02. The van der Waals surface area contributed by atoms with Gasteiger partial charge in [-0.05, 0) is 18.2 Å². The lowest BCUT2D eigenvalue weighted by molar-refractivity contribution is -0.139. The van der Waals surface area contributed by atoms with E-state index in [1.165, 1.54) is 0 Å². The number of aliphatic carboxylic acids is 1. The second-order valence-electron chi connectivity index (χ2n) is 6.17. The zero-order valence-corrected chi connectivity index (χ0v) is 15.1. The molecule has 1 unspecified atom stereocenters. The van der Waals surface area contributed by atoms with Crippen molar-refractivity contribution in [3.63, 3.8) is 0 Å². The lowest BCUT2D eigenvalue weighted by atomic mass is 9.90. The van der Waals surface area contributed by atoms with Crippen LogP contribution >= 0.6 is 0 Å². The van der Waals surface area contributed by atoms with Crippen molar-refractivity contribution in [2.75, 3.05) is 25.3 Å². The molecule has 1 aliphatic rings. The van der Waals surface area contributed by atoms with Crippen molar-refractivity contribution < 1.29 is 24.2 Å². The fourth-order valence-electron chi connectivity index (χ4n) is 2.90. The smallest absolute Gasteiger partial charge is 0.341 e. The number of hydrazone groups is 1. The second-order valence-corrected chi connectivity index (χ2v) is 6.17. The molecule has 1 atom stereocenters. The minimum atomic E-state index is -1.10. The summed E-state index contributed by atoms with van der Waals surface area (Å²) in [5, 5.41) is 14.9. The van der Waals surface area contributed by atoms with Gasteiger partial charge >= 0.3 is 5.97 Å². The van der Waals surface area contributed by atoms with Crippen molar-refractivity contribution in [3.8, 4) is 11.5 Å². The van der Waals surface area contributed by atoms with E-state index < -0.39 is 18.5 Å². The molecule has 2 aromatic carbocycles. The maximum Gasteiger partial charge on any atom is 0.341 e. The fraction of sp³-hybridized carbons (Fsp3) is 0.211. The van der Waals surface area contributed by atoms with Crippen molar-refractivity contribution in [1.82, 2.24) is 0 Å².